The Morgan fingerprint density at radius 1 is 1.24 bits per heavy atom. The zero-order valence-electron chi connectivity index (χ0n) is 11.7. The minimum atomic E-state index is -0.197. The van der Waals surface area contributed by atoms with Gasteiger partial charge in [0.05, 0.1) is 0 Å². The van der Waals surface area contributed by atoms with Crippen LogP contribution in [0.25, 0.3) is 0 Å². The Morgan fingerprint density at radius 2 is 2.10 bits per heavy atom. The number of aromatic nitrogens is 1. The predicted molar refractivity (Wildman–Crippen MR) is 80.4 cm³/mol. The van der Waals surface area contributed by atoms with Gasteiger partial charge in [0.25, 0.3) is 5.91 Å². The molecule has 2 aromatic rings. The number of anilines is 2. The fourth-order valence-electron chi connectivity index (χ4n) is 2.50. The van der Waals surface area contributed by atoms with Gasteiger partial charge in [-0.05, 0) is 42.3 Å². The molecule has 1 aliphatic rings. The number of fused-ring (bicyclic) bond motifs is 1. The number of pyridine rings is 1. The molecule has 0 atom stereocenters. The van der Waals surface area contributed by atoms with E-state index >= 15 is 0 Å². The molecule has 3 rings (SSSR count). The number of hydrogen-bond donors (Lipinski definition) is 1. The molecule has 1 aromatic heterocycles. The molecule has 0 fully saturated rings. The topological polar surface area (TPSA) is 62.3 Å². The van der Waals surface area contributed by atoms with E-state index in [9.17, 15) is 9.59 Å². The van der Waals surface area contributed by atoms with Crippen LogP contribution in [-0.2, 0) is 11.2 Å². The molecule has 0 unspecified atom stereocenters. The fourth-order valence-corrected chi connectivity index (χ4v) is 2.50. The van der Waals surface area contributed by atoms with Crippen molar-refractivity contribution in [2.45, 2.75) is 13.3 Å². The number of nitrogens with one attached hydrogen (secondary N) is 1. The molecule has 1 N–H and O–H groups in total. The van der Waals surface area contributed by atoms with Crippen molar-refractivity contribution >= 4 is 23.3 Å². The second-order valence-electron chi connectivity index (χ2n) is 4.93. The summed E-state index contributed by atoms with van der Waals surface area (Å²) < 4.78 is 0. The maximum Gasteiger partial charge on any atom is 0.256 e. The highest BCUT2D eigenvalue weighted by molar-refractivity contribution is 6.04. The molecule has 2 heterocycles. The molecule has 0 radical (unpaired) electrons. The Bertz CT molecular complexity index is 698. The average molecular weight is 281 g/mol. The molecule has 0 aliphatic carbocycles. The van der Waals surface area contributed by atoms with Crippen molar-refractivity contribution in [1.29, 1.82) is 0 Å². The van der Waals surface area contributed by atoms with Crippen LogP contribution in [0.3, 0.4) is 0 Å². The molecule has 1 aliphatic heterocycles. The molecule has 21 heavy (non-hydrogen) atoms. The lowest BCUT2D eigenvalue weighted by molar-refractivity contribution is -0.116. The van der Waals surface area contributed by atoms with Gasteiger partial charge in [-0.2, -0.15) is 0 Å². The van der Waals surface area contributed by atoms with Gasteiger partial charge in [0.2, 0.25) is 5.91 Å². The third kappa shape index (κ3) is 2.63. The monoisotopic (exact) mass is 281 g/mol. The first-order valence-electron chi connectivity index (χ1n) is 6.78. The van der Waals surface area contributed by atoms with E-state index < -0.39 is 0 Å². The standard InChI is InChI=1S/C16H15N3O2/c1-11(20)19-9-7-12-10-13(5-6-14(12)19)16(21)18-15-4-2-3-8-17-15/h2-6,8,10H,7,9H2,1H3,(H,17,18,21). The molecule has 5 nitrogen and oxygen atoms in total. The van der Waals surface area contributed by atoms with Gasteiger partial charge in [0.15, 0.2) is 0 Å². The lowest BCUT2D eigenvalue weighted by Crippen LogP contribution is -2.25. The van der Waals surface area contributed by atoms with Crippen molar-refractivity contribution in [1.82, 2.24) is 4.98 Å². The molecule has 0 saturated heterocycles. The zero-order valence-corrected chi connectivity index (χ0v) is 11.7. The van der Waals surface area contributed by atoms with E-state index in [0.29, 0.717) is 17.9 Å². The van der Waals surface area contributed by atoms with Crippen LogP contribution in [0.4, 0.5) is 11.5 Å². The van der Waals surface area contributed by atoms with Crippen molar-refractivity contribution in [3.63, 3.8) is 0 Å². The highest BCUT2D eigenvalue weighted by Crippen LogP contribution is 2.29. The molecule has 0 spiro atoms. The Balaban J connectivity index is 1.82. The van der Waals surface area contributed by atoms with Gasteiger partial charge in [0, 0.05) is 30.9 Å². The normalized spacial score (nSPS) is 12.9. The summed E-state index contributed by atoms with van der Waals surface area (Å²) in [5.74, 6) is 0.352. The van der Waals surface area contributed by atoms with Gasteiger partial charge in [-0.3, -0.25) is 9.59 Å². The smallest absolute Gasteiger partial charge is 0.256 e. The Labute approximate surface area is 122 Å². The summed E-state index contributed by atoms with van der Waals surface area (Å²) in [5.41, 5.74) is 2.50. The molecule has 0 bridgehead atoms. The van der Waals surface area contributed by atoms with Gasteiger partial charge < -0.3 is 10.2 Å². The van der Waals surface area contributed by atoms with Crippen molar-refractivity contribution in [2.75, 3.05) is 16.8 Å². The van der Waals surface area contributed by atoms with E-state index in [1.165, 1.54) is 0 Å². The third-order valence-corrected chi connectivity index (χ3v) is 3.52. The number of carbonyl (C=O) groups is 2. The lowest BCUT2D eigenvalue weighted by atomic mass is 10.1. The first kappa shape index (κ1) is 13.3. The van der Waals surface area contributed by atoms with Crippen LogP contribution in [0, 0.1) is 0 Å². The van der Waals surface area contributed by atoms with Crippen LogP contribution >= 0.6 is 0 Å². The van der Waals surface area contributed by atoms with Crippen LogP contribution < -0.4 is 10.2 Å². The van der Waals surface area contributed by atoms with E-state index in [-0.39, 0.29) is 11.8 Å². The van der Waals surface area contributed by atoms with Crippen LogP contribution in [0.1, 0.15) is 22.8 Å². The lowest BCUT2D eigenvalue weighted by Gasteiger charge is -2.14. The van der Waals surface area contributed by atoms with Gasteiger partial charge in [-0.1, -0.05) is 6.07 Å². The molecule has 2 amide bonds. The first-order valence-corrected chi connectivity index (χ1v) is 6.78. The zero-order chi connectivity index (χ0) is 14.8. The van der Waals surface area contributed by atoms with E-state index in [4.69, 9.17) is 0 Å². The Kier molecular flexibility index (Phi) is 3.39. The highest BCUT2D eigenvalue weighted by Gasteiger charge is 2.23. The van der Waals surface area contributed by atoms with Crippen molar-refractivity contribution in [3.05, 3.63) is 53.7 Å². The van der Waals surface area contributed by atoms with Gasteiger partial charge >= 0.3 is 0 Å². The molecule has 5 heteroatoms. The van der Waals surface area contributed by atoms with E-state index in [1.807, 2.05) is 18.2 Å². The van der Waals surface area contributed by atoms with Gasteiger partial charge in [-0.25, -0.2) is 4.98 Å². The SMILES string of the molecule is CC(=O)N1CCc2cc(C(=O)Nc3ccccn3)ccc21. The second kappa shape index (κ2) is 5.36. The summed E-state index contributed by atoms with van der Waals surface area (Å²) in [6.45, 7) is 2.23. The van der Waals surface area contributed by atoms with E-state index in [0.717, 1.165) is 17.7 Å². The highest BCUT2D eigenvalue weighted by atomic mass is 16.2. The molecule has 1 aromatic carbocycles. The summed E-state index contributed by atoms with van der Waals surface area (Å²) >= 11 is 0. The van der Waals surface area contributed by atoms with Crippen LogP contribution in [-0.4, -0.2) is 23.3 Å². The Hall–Kier alpha value is -2.69. The number of amides is 2. The number of benzene rings is 1. The minimum Gasteiger partial charge on any atom is -0.312 e. The van der Waals surface area contributed by atoms with Crippen molar-refractivity contribution in [2.24, 2.45) is 0 Å². The predicted octanol–water partition coefficient (Wildman–Crippen LogP) is 2.24. The Morgan fingerprint density at radius 3 is 2.81 bits per heavy atom. The summed E-state index contributed by atoms with van der Waals surface area (Å²) in [4.78, 5) is 29.5. The third-order valence-electron chi connectivity index (χ3n) is 3.52. The summed E-state index contributed by atoms with van der Waals surface area (Å²) in [6.07, 6.45) is 2.41. The summed E-state index contributed by atoms with van der Waals surface area (Å²) in [5, 5.41) is 2.75. The maximum absolute atomic E-state index is 12.2. The molecule has 0 saturated carbocycles. The molecular formula is C16H15N3O2. The number of hydrogen-bond acceptors (Lipinski definition) is 3. The van der Waals surface area contributed by atoms with E-state index in [1.54, 1.807) is 36.2 Å². The van der Waals surface area contributed by atoms with Gasteiger partial charge in [-0.15, -0.1) is 0 Å². The summed E-state index contributed by atoms with van der Waals surface area (Å²) in [7, 11) is 0. The van der Waals surface area contributed by atoms with Crippen molar-refractivity contribution in [3.8, 4) is 0 Å². The molecule has 106 valence electrons. The number of nitrogens with zero attached hydrogens (tertiary/aromatic N) is 2. The summed E-state index contributed by atoms with van der Waals surface area (Å²) in [6, 6.07) is 10.8. The maximum atomic E-state index is 12.2. The second-order valence-corrected chi connectivity index (χ2v) is 4.93. The first-order chi connectivity index (χ1) is 10.1. The van der Waals surface area contributed by atoms with Crippen LogP contribution in [0.5, 0.6) is 0 Å². The number of rotatable bonds is 2. The number of carbonyl (C=O) groups excluding carboxylic acids is 2. The van der Waals surface area contributed by atoms with E-state index in [2.05, 4.69) is 10.3 Å². The van der Waals surface area contributed by atoms with Crippen molar-refractivity contribution < 1.29 is 9.59 Å². The quantitative estimate of drug-likeness (QED) is 0.918. The minimum absolute atomic E-state index is 0.0273. The van der Waals surface area contributed by atoms with Crippen LogP contribution in [0.2, 0.25) is 0 Å². The molecular weight excluding hydrogens is 266 g/mol. The largest absolute Gasteiger partial charge is 0.312 e. The van der Waals surface area contributed by atoms with Crippen LogP contribution in [0.15, 0.2) is 42.6 Å². The average Bonchev–Trinajstić information content (AvgIpc) is 2.91. The van der Waals surface area contributed by atoms with Gasteiger partial charge in [0.1, 0.15) is 5.82 Å². The fraction of sp³-hybridized carbons (Fsp3) is 0.188.